The van der Waals surface area contributed by atoms with Gasteiger partial charge in [-0.2, -0.15) is 4.98 Å². The third-order valence-corrected chi connectivity index (χ3v) is 5.29. The van der Waals surface area contributed by atoms with E-state index in [9.17, 15) is 13.2 Å². The number of nitrogens with one attached hydrogen (secondary N) is 2. The Morgan fingerprint density at radius 1 is 1.11 bits per heavy atom. The van der Waals surface area contributed by atoms with Crippen molar-refractivity contribution in [3.05, 3.63) is 60.0 Å². The van der Waals surface area contributed by atoms with Crippen LogP contribution in [0.25, 0.3) is 11.4 Å². The Balaban J connectivity index is 1.75. The number of hydrogen-bond acceptors (Lipinski definition) is 6. The van der Waals surface area contributed by atoms with Gasteiger partial charge in [0.15, 0.2) is 0 Å². The molecule has 1 amide bonds. The lowest BCUT2D eigenvalue weighted by molar-refractivity contribution is -0.115. The summed E-state index contributed by atoms with van der Waals surface area (Å²) in [5.74, 6) is 0.212. The molecular formula is C18H18N4O4S. The highest BCUT2D eigenvalue weighted by molar-refractivity contribution is 7.89. The lowest BCUT2D eigenvalue weighted by Gasteiger charge is -2.10. The molecule has 8 nitrogen and oxygen atoms in total. The van der Waals surface area contributed by atoms with Crippen LogP contribution in [-0.4, -0.2) is 31.0 Å². The van der Waals surface area contributed by atoms with E-state index in [4.69, 9.17) is 4.52 Å². The van der Waals surface area contributed by atoms with Crippen molar-refractivity contribution in [1.29, 1.82) is 0 Å². The van der Waals surface area contributed by atoms with Crippen LogP contribution in [0.15, 0.2) is 57.9 Å². The summed E-state index contributed by atoms with van der Waals surface area (Å²) in [5.41, 5.74) is 1.63. The lowest BCUT2D eigenvalue weighted by atomic mass is 10.1. The van der Waals surface area contributed by atoms with E-state index in [2.05, 4.69) is 20.2 Å². The van der Waals surface area contributed by atoms with Crippen molar-refractivity contribution in [2.45, 2.75) is 18.7 Å². The zero-order valence-electron chi connectivity index (χ0n) is 14.8. The fourth-order valence-electron chi connectivity index (χ4n) is 2.41. The van der Waals surface area contributed by atoms with Crippen LogP contribution in [0.1, 0.15) is 11.5 Å². The predicted molar refractivity (Wildman–Crippen MR) is 99.5 cm³/mol. The molecule has 9 heteroatoms. The van der Waals surface area contributed by atoms with E-state index in [1.54, 1.807) is 50.2 Å². The number of rotatable bonds is 6. The second-order valence-corrected chi connectivity index (χ2v) is 7.59. The average Bonchev–Trinajstić information content (AvgIpc) is 3.08. The van der Waals surface area contributed by atoms with Gasteiger partial charge >= 0.3 is 0 Å². The number of aryl methyl sites for hydroxylation is 2. The lowest BCUT2D eigenvalue weighted by Crippen LogP contribution is -2.33. The Labute approximate surface area is 156 Å². The molecule has 1 aromatic heterocycles. The number of carbonyl (C=O) groups excluding carboxylic acids is 1. The van der Waals surface area contributed by atoms with Crippen LogP contribution in [-0.2, 0) is 14.8 Å². The van der Waals surface area contributed by atoms with Gasteiger partial charge in [-0.25, -0.2) is 13.1 Å². The monoisotopic (exact) mass is 386 g/mol. The second-order valence-electron chi connectivity index (χ2n) is 5.86. The molecule has 140 valence electrons. The number of amides is 1. The topological polar surface area (TPSA) is 114 Å². The maximum Gasteiger partial charge on any atom is 0.241 e. The molecular weight excluding hydrogens is 368 g/mol. The molecule has 0 aliphatic rings. The minimum absolute atomic E-state index is 0.0509. The Morgan fingerprint density at radius 2 is 1.85 bits per heavy atom. The third-order valence-electron chi connectivity index (χ3n) is 3.74. The maximum absolute atomic E-state index is 12.6. The van der Waals surface area contributed by atoms with Gasteiger partial charge in [0.2, 0.25) is 27.6 Å². The molecule has 0 aliphatic heterocycles. The highest BCUT2D eigenvalue weighted by Gasteiger charge is 2.20. The van der Waals surface area contributed by atoms with Gasteiger partial charge in [-0.3, -0.25) is 4.79 Å². The summed E-state index contributed by atoms with van der Waals surface area (Å²) in [6, 6.07) is 13.6. The van der Waals surface area contributed by atoms with Gasteiger partial charge in [-0.05, 0) is 30.7 Å². The summed E-state index contributed by atoms with van der Waals surface area (Å²) in [6.07, 6.45) is 0. The molecule has 0 saturated carbocycles. The number of nitrogens with zero attached hydrogens (tertiary/aromatic N) is 2. The fourth-order valence-corrected chi connectivity index (χ4v) is 3.66. The van der Waals surface area contributed by atoms with E-state index in [-0.39, 0.29) is 11.4 Å². The Hall–Kier alpha value is -3.04. The molecule has 0 unspecified atom stereocenters. The summed E-state index contributed by atoms with van der Waals surface area (Å²) >= 11 is 0. The van der Waals surface area contributed by atoms with Crippen molar-refractivity contribution in [3.8, 4) is 11.4 Å². The summed E-state index contributed by atoms with van der Waals surface area (Å²) in [7, 11) is -3.90. The average molecular weight is 386 g/mol. The molecule has 0 radical (unpaired) electrons. The molecule has 3 aromatic rings. The summed E-state index contributed by atoms with van der Waals surface area (Å²) in [4.78, 5) is 16.1. The van der Waals surface area contributed by atoms with Gasteiger partial charge in [0.25, 0.3) is 0 Å². The van der Waals surface area contributed by atoms with Crippen molar-refractivity contribution < 1.29 is 17.7 Å². The highest BCUT2D eigenvalue weighted by Crippen LogP contribution is 2.23. The van der Waals surface area contributed by atoms with Crippen molar-refractivity contribution in [1.82, 2.24) is 14.9 Å². The van der Waals surface area contributed by atoms with E-state index in [1.165, 1.54) is 6.07 Å². The third kappa shape index (κ3) is 4.57. The number of hydrogen-bond donors (Lipinski definition) is 2. The van der Waals surface area contributed by atoms with Crippen LogP contribution < -0.4 is 10.0 Å². The van der Waals surface area contributed by atoms with Crippen LogP contribution >= 0.6 is 0 Å². The van der Waals surface area contributed by atoms with Crippen LogP contribution in [0.3, 0.4) is 0 Å². The number of aromatic nitrogens is 2. The number of benzene rings is 2. The van der Waals surface area contributed by atoms with E-state index in [0.29, 0.717) is 28.5 Å². The molecule has 0 saturated heterocycles. The Morgan fingerprint density at radius 3 is 2.52 bits per heavy atom. The number of anilines is 1. The van der Waals surface area contributed by atoms with E-state index in [1.807, 2.05) is 6.07 Å². The van der Waals surface area contributed by atoms with Gasteiger partial charge < -0.3 is 9.84 Å². The van der Waals surface area contributed by atoms with Crippen LogP contribution in [0.5, 0.6) is 0 Å². The molecule has 0 bridgehead atoms. The minimum atomic E-state index is -3.90. The largest absolute Gasteiger partial charge is 0.339 e. The number of sulfonamides is 1. The molecule has 1 heterocycles. The zero-order valence-corrected chi connectivity index (χ0v) is 15.6. The minimum Gasteiger partial charge on any atom is -0.339 e. The molecule has 2 N–H and O–H groups in total. The quantitative estimate of drug-likeness (QED) is 0.672. The summed E-state index contributed by atoms with van der Waals surface area (Å²) in [5, 5.41) is 6.42. The number of carbonyl (C=O) groups is 1. The smallest absolute Gasteiger partial charge is 0.241 e. The number of para-hydroxylation sites is 1. The van der Waals surface area contributed by atoms with E-state index < -0.39 is 15.9 Å². The molecule has 2 aromatic carbocycles. The standard InChI is InChI=1S/C18H18N4O4S/c1-12-8-9-14(18-20-13(2)26-22-18)10-16(12)27(24,25)19-11-17(23)21-15-6-4-3-5-7-15/h3-10,19H,11H2,1-2H3,(H,21,23). The molecule has 27 heavy (non-hydrogen) atoms. The summed E-state index contributed by atoms with van der Waals surface area (Å²) < 4.78 is 32.5. The zero-order chi connectivity index (χ0) is 19.4. The molecule has 0 aliphatic carbocycles. The van der Waals surface area contributed by atoms with Crippen LogP contribution in [0.4, 0.5) is 5.69 Å². The van der Waals surface area contributed by atoms with Gasteiger partial charge in [0, 0.05) is 18.2 Å². The van der Waals surface area contributed by atoms with Gasteiger partial charge in [-0.1, -0.05) is 35.5 Å². The fraction of sp³-hybridized carbons (Fsp3) is 0.167. The van der Waals surface area contributed by atoms with Crippen molar-refractivity contribution in [3.63, 3.8) is 0 Å². The highest BCUT2D eigenvalue weighted by atomic mass is 32.2. The Kier molecular flexibility index (Phi) is 5.33. The molecule has 0 atom stereocenters. The van der Waals surface area contributed by atoms with Crippen molar-refractivity contribution in [2.75, 3.05) is 11.9 Å². The predicted octanol–water partition coefficient (Wildman–Crippen LogP) is 2.27. The molecule has 3 rings (SSSR count). The van der Waals surface area contributed by atoms with Crippen molar-refractivity contribution in [2.24, 2.45) is 0 Å². The van der Waals surface area contributed by atoms with Crippen molar-refractivity contribution >= 4 is 21.6 Å². The van der Waals surface area contributed by atoms with Gasteiger partial charge in [0.05, 0.1) is 11.4 Å². The van der Waals surface area contributed by atoms with Crippen LogP contribution in [0.2, 0.25) is 0 Å². The SMILES string of the molecule is Cc1nc(-c2ccc(C)c(S(=O)(=O)NCC(=O)Nc3ccccc3)c2)no1. The first-order valence-corrected chi connectivity index (χ1v) is 9.59. The van der Waals surface area contributed by atoms with Gasteiger partial charge in [0.1, 0.15) is 0 Å². The van der Waals surface area contributed by atoms with E-state index in [0.717, 1.165) is 0 Å². The Bertz CT molecular complexity index is 1060. The van der Waals surface area contributed by atoms with E-state index >= 15 is 0 Å². The molecule has 0 spiro atoms. The maximum atomic E-state index is 12.6. The summed E-state index contributed by atoms with van der Waals surface area (Å²) in [6.45, 7) is 2.93. The first-order valence-electron chi connectivity index (χ1n) is 8.11. The van der Waals surface area contributed by atoms with Crippen LogP contribution in [0, 0.1) is 13.8 Å². The first kappa shape index (κ1) is 18.7. The normalized spacial score (nSPS) is 11.3. The van der Waals surface area contributed by atoms with Gasteiger partial charge in [-0.15, -0.1) is 0 Å². The first-order chi connectivity index (χ1) is 12.8. The molecule has 0 fully saturated rings. The second kappa shape index (κ2) is 7.68.